The van der Waals surface area contributed by atoms with Gasteiger partial charge in [0.25, 0.3) is 0 Å². The van der Waals surface area contributed by atoms with Crippen molar-refractivity contribution >= 4 is 0 Å². The number of nitrogens with zero attached hydrogens (tertiary/aromatic N) is 3. The minimum Gasteiger partial charge on any atom is -0.394 e. The van der Waals surface area contributed by atoms with E-state index in [0.717, 1.165) is 22.8 Å². The van der Waals surface area contributed by atoms with Crippen LogP contribution in [-0.4, -0.2) is 26.5 Å². The highest BCUT2D eigenvalue weighted by molar-refractivity contribution is 5.54. The lowest BCUT2D eigenvalue weighted by Gasteiger charge is -2.16. The molecule has 0 bridgehead atoms. The largest absolute Gasteiger partial charge is 0.394 e. The van der Waals surface area contributed by atoms with Crippen LogP contribution in [0.3, 0.4) is 0 Å². The molecule has 0 radical (unpaired) electrons. The Balaban J connectivity index is 1.73. The molecule has 0 aliphatic heterocycles. The van der Waals surface area contributed by atoms with E-state index < -0.39 is 0 Å². The molecule has 23 heavy (non-hydrogen) atoms. The molecule has 1 atom stereocenters. The summed E-state index contributed by atoms with van der Waals surface area (Å²) in [6.07, 6.45) is 0. The Bertz CT molecular complexity index is 740. The van der Waals surface area contributed by atoms with Gasteiger partial charge in [-0.05, 0) is 5.56 Å². The van der Waals surface area contributed by atoms with Crippen LogP contribution in [0.15, 0.2) is 60.7 Å². The lowest BCUT2D eigenvalue weighted by molar-refractivity contribution is 0.242. The van der Waals surface area contributed by atoms with E-state index >= 15 is 0 Å². The van der Waals surface area contributed by atoms with Gasteiger partial charge in [-0.1, -0.05) is 60.7 Å². The van der Waals surface area contributed by atoms with E-state index in [0.29, 0.717) is 6.54 Å². The summed E-state index contributed by atoms with van der Waals surface area (Å²) in [5.74, 6) is 1.67. The number of rotatable bonds is 6. The number of aliphatic hydroxyl groups excluding tert-OH is 1. The predicted octanol–water partition coefficient (Wildman–Crippen LogP) is 2.31. The van der Waals surface area contributed by atoms with Crippen molar-refractivity contribution in [1.82, 2.24) is 20.1 Å². The van der Waals surface area contributed by atoms with Crippen LogP contribution in [-0.2, 0) is 13.6 Å². The second kappa shape index (κ2) is 7.17. The molecule has 1 aromatic heterocycles. The van der Waals surface area contributed by atoms with Crippen LogP contribution in [0.25, 0.3) is 11.4 Å². The lowest BCUT2D eigenvalue weighted by atomic mass is 10.1. The molecule has 0 spiro atoms. The van der Waals surface area contributed by atoms with E-state index in [2.05, 4.69) is 15.5 Å². The summed E-state index contributed by atoms with van der Waals surface area (Å²) in [6, 6.07) is 19.8. The fraction of sp³-hybridized carbons (Fsp3) is 0.222. The van der Waals surface area contributed by atoms with Crippen LogP contribution in [0.5, 0.6) is 0 Å². The second-order valence-electron chi connectivity index (χ2n) is 5.39. The summed E-state index contributed by atoms with van der Waals surface area (Å²) in [6.45, 7) is 0.573. The van der Waals surface area contributed by atoms with Crippen LogP contribution in [0.2, 0.25) is 0 Å². The molecule has 0 fully saturated rings. The van der Waals surface area contributed by atoms with Gasteiger partial charge in [0.2, 0.25) is 0 Å². The maximum Gasteiger partial charge on any atom is 0.163 e. The monoisotopic (exact) mass is 308 g/mol. The fourth-order valence-electron chi connectivity index (χ4n) is 2.54. The Labute approximate surface area is 135 Å². The normalized spacial score (nSPS) is 12.3. The number of aromatic nitrogens is 3. The molecule has 2 N–H and O–H groups in total. The first-order chi connectivity index (χ1) is 11.3. The van der Waals surface area contributed by atoms with E-state index in [-0.39, 0.29) is 12.6 Å². The maximum absolute atomic E-state index is 9.60. The number of hydrogen-bond donors (Lipinski definition) is 2. The van der Waals surface area contributed by atoms with Gasteiger partial charge < -0.3 is 15.0 Å². The molecule has 0 amide bonds. The van der Waals surface area contributed by atoms with Gasteiger partial charge in [-0.2, -0.15) is 0 Å². The molecule has 0 aliphatic carbocycles. The van der Waals surface area contributed by atoms with Gasteiger partial charge in [-0.3, -0.25) is 0 Å². The first-order valence-electron chi connectivity index (χ1n) is 7.62. The summed E-state index contributed by atoms with van der Waals surface area (Å²) < 4.78 is 1.97. The van der Waals surface area contributed by atoms with E-state index in [1.54, 1.807) is 0 Å². The van der Waals surface area contributed by atoms with Gasteiger partial charge >= 0.3 is 0 Å². The third kappa shape index (κ3) is 3.47. The molecular formula is C18H20N4O. The molecule has 2 aromatic carbocycles. The predicted molar refractivity (Wildman–Crippen MR) is 89.5 cm³/mol. The van der Waals surface area contributed by atoms with Gasteiger partial charge in [0.1, 0.15) is 5.82 Å². The van der Waals surface area contributed by atoms with Crippen LogP contribution < -0.4 is 5.32 Å². The molecule has 3 rings (SSSR count). The first-order valence-corrected chi connectivity index (χ1v) is 7.62. The summed E-state index contributed by atoms with van der Waals surface area (Å²) in [5, 5.41) is 21.5. The number of nitrogens with one attached hydrogen (secondary N) is 1. The summed E-state index contributed by atoms with van der Waals surface area (Å²) in [5.41, 5.74) is 2.09. The van der Waals surface area contributed by atoms with Crippen LogP contribution in [0, 0.1) is 0 Å². The van der Waals surface area contributed by atoms with Crippen molar-refractivity contribution in [2.75, 3.05) is 6.61 Å². The minimum atomic E-state index is -0.118. The molecule has 0 saturated carbocycles. The summed E-state index contributed by atoms with van der Waals surface area (Å²) in [7, 11) is 1.95. The van der Waals surface area contributed by atoms with Crippen molar-refractivity contribution < 1.29 is 5.11 Å². The zero-order valence-electron chi connectivity index (χ0n) is 13.1. The second-order valence-corrected chi connectivity index (χ2v) is 5.39. The third-order valence-corrected chi connectivity index (χ3v) is 3.89. The van der Waals surface area contributed by atoms with Gasteiger partial charge in [-0.15, -0.1) is 10.2 Å². The van der Waals surface area contributed by atoms with E-state index in [1.807, 2.05) is 72.3 Å². The zero-order chi connectivity index (χ0) is 16.1. The quantitative estimate of drug-likeness (QED) is 0.733. The average molecular weight is 308 g/mol. The minimum absolute atomic E-state index is 0.0351. The number of hydrogen-bond acceptors (Lipinski definition) is 4. The zero-order valence-corrected chi connectivity index (χ0v) is 13.1. The van der Waals surface area contributed by atoms with Crippen molar-refractivity contribution in [1.29, 1.82) is 0 Å². The number of aliphatic hydroxyl groups is 1. The first kappa shape index (κ1) is 15.4. The Morgan fingerprint density at radius 3 is 2.30 bits per heavy atom. The molecule has 3 aromatic rings. The molecular weight excluding hydrogens is 288 g/mol. The van der Waals surface area contributed by atoms with Crippen LogP contribution >= 0.6 is 0 Å². The molecule has 1 heterocycles. The van der Waals surface area contributed by atoms with Crippen molar-refractivity contribution in [2.24, 2.45) is 7.05 Å². The number of benzene rings is 2. The molecule has 0 unspecified atom stereocenters. The Hall–Kier alpha value is -2.50. The molecule has 118 valence electrons. The summed E-state index contributed by atoms with van der Waals surface area (Å²) in [4.78, 5) is 0. The van der Waals surface area contributed by atoms with E-state index in [4.69, 9.17) is 0 Å². The van der Waals surface area contributed by atoms with Gasteiger partial charge in [0.15, 0.2) is 5.82 Å². The smallest absolute Gasteiger partial charge is 0.163 e. The molecule has 0 saturated heterocycles. The molecule has 0 aliphatic rings. The van der Waals surface area contributed by atoms with Gasteiger partial charge in [0, 0.05) is 12.6 Å². The average Bonchev–Trinajstić information content (AvgIpc) is 2.98. The maximum atomic E-state index is 9.60. The Kier molecular flexibility index (Phi) is 4.80. The fourth-order valence-corrected chi connectivity index (χ4v) is 2.54. The van der Waals surface area contributed by atoms with E-state index in [9.17, 15) is 5.11 Å². The third-order valence-electron chi connectivity index (χ3n) is 3.89. The van der Waals surface area contributed by atoms with Gasteiger partial charge in [0.05, 0.1) is 19.2 Å². The highest BCUT2D eigenvalue weighted by atomic mass is 16.3. The molecule has 5 nitrogen and oxygen atoms in total. The van der Waals surface area contributed by atoms with E-state index in [1.165, 1.54) is 0 Å². The SMILES string of the molecule is Cn1c(CN[C@H](CO)c2ccccc2)nnc1-c1ccccc1. The van der Waals surface area contributed by atoms with Crippen molar-refractivity contribution in [3.8, 4) is 11.4 Å². The van der Waals surface area contributed by atoms with Crippen molar-refractivity contribution in [2.45, 2.75) is 12.6 Å². The Morgan fingerprint density at radius 1 is 1.00 bits per heavy atom. The summed E-state index contributed by atoms with van der Waals surface area (Å²) >= 11 is 0. The Morgan fingerprint density at radius 2 is 1.65 bits per heavy atom. The van der Waals surface area contributed by atoms with Gasteiger partial charge in [-0.25, -0.2) is 0 Å². The highest BCUT2D eigenvalue weighted by Crippen LogP contribution is 2.17. The topological polar surface area (TPSA) is 63.0 Å². The standard InChI is InChI=1S/C18H20N4O/c1-22-17(20-21-18(22)15-10-6-3-7-11-15)12-19-16(13-23)14-8-4-2-5-9-14/h2-11,16,19,23H,12-13H2,1H3/t16-/m1/s1. The van der Waals surface area contributed by atoms with Crippen LogP contribution in [0.4, 0.5) is 0 Å². The molecule has 5 heteroatoms. The van der Waals surface area contributed by atoms with Crippen molar-refractivity contribution in [3.63, 3.8) is 0 Å². The van der Waals surface area contributed by atoms with Crippen molar-refractivity contribution in [3.05, 3.63) is 72.1 Å². The van der Waals surface area contributed by atoms with Crippen LogP contribution in [0.1, 0.15) is 17.4 Å². The highest BCUT2D eigenvalue weighted by Gasteiger charge is 2.13. The lowest BCUT2D eigenvalue weighted by Crippen LogP contribution is -2.25.